The number of aromatic nitrogens is 2. The van der Waals surface area contributed by atoms with Crippen molar-refractivity contribution in [1.29, 1.82) is 0 Å². The quantitative estimate of drug-likeness (QED) is 0.529. The maximum Gasteiger partial charge on any atom is 0.138 e. The van der Waals surface area contributed by atoms with Gasteiger partial charge in [-0.05, 0) is 17.7 Å². The van der Waals surface area contributed by atoms with Crippen LogP contribution in [-0.4, -0.2) is 15.9 Å². The summed E-state index contributed by atoms with van der Waals surface area (Å²) in [5.74, 6) is -0.516. The Bertz CT molecular complexity index is 1090. The third-order valence-corrected chi connectivity index (χ3v) is 4.81. The molecule has 4 aromatic rings. The van der Waals surface area contributed by atoms with E-state index in [0.717, 1.165) is 32.6 Å². The molecule has 0 atom stereocenters. The van der Waals surface area contributed by atoms with Gasteiger partial charge in [-0.2, -0.15) is 0 Å². The van der Waals surface area contributed by atoms with Crippen LogP contribution in [0, 0.1) is 0 Å². The van der Waals surface area contributed by atoms with Crippen molar-refractivity contribution in [3.8, 4) is 33.9 Å². The number of imidazole rings is 1. The van der Waals surface area contributed by atoms with Crippen LogP contribution >= 0.6 is 15.9 Å². The number of carbonyl (C=O) groups excluding carboxylic acids is 1. The molecule has 0 bridgehead atoms. The van der Waals surface area contributed by atoms with E-state index in [-0.39, 0.29) is 5.56 Å². The molecule has 0 aliphatic rings. The molecule has 0 aliphatic carbocycles. The lowest BCUT2D eigenvalue weighted by atomic mass is 10.1. The van der Waals surface area contributed by atoms with Gasteiger partial charge in [0.2, 0.25) is 0 Å². The van der Waals surface area contributed by atoms with E-state index in [1.807, 2.05) is 54.6 Å². The smallest absolute Gasteiger partial charge is 0.138 e. The number of rotatable bonds is 4. The van der Waals surface area contributed by atoms with Crippen molar-refractivity contribution in [1.82, 2.24) is 9.97 Å². The number of carboxylic acid groups (broad SMARTS) is 1. The van der Waals surface area contributed by atoms with E-state index in [2.05, 4.69) is 20.9 Å². The summed E-state index contributed by atoms with van der Waals surface area (Å²) in [5.41, 5.74) is 4.72. The van der Waals surface area contributed by atoms with Crippen molar-refractivity contribution < 1.29 is 9.90 Å². The van der Waals surface area contributed by atoms with Crippen LogP contribution in [0.5, 0.6) is 0 Å². The monoisotopic (exact) mass is 417 g/mol. The molecule has 0 amide bonds. The fourth-order valence-corrected chi connectivity index (χ4v) is 3.17. The molecule has 0 radical (unpaired) electrons. The minimum Gasteiger partial charge on any atom is -0.545 e. The van der Waals surface area contributed by atoms with E-state index in [1.54, 1.807) is 12.1 Å². The lowest BCUT2D eigenvalue weighted by molar-refractivity contribution is -0.255. The molecule has 1 N–H and O–H groups in total. The van der Waals surface area contributed by atoms with Gasteiger partial charge in [-0.1, -0.05) is 82.7 Å². The number of nitrogens with one attached hydrogen (secondary N) is 1. The van der Waals surface area contributed by atoms with Crippen LogP contribution in [0.3, 0.4) is 0 Å². The minimum atomic E-state index is -1.19. The number of aromatic amines is 1. The highest BCUT2D eigenvalue weighted by Crippen LogP contribution is 2.33. The van der Waals surface area contributed by atoms with Gasteiger partial charge in [-0.25, -0.2) is 4.98 Å². The largest absolute Gasteiger partial charge is 0.545 e. The van der Waals surface area contributed by atoms with Crippen LogP contribution in [0.25, 0.3) is 33.9 Å². The Morgan fingerprint density at radius 2 is 1.44 bits per heavy atom. The number of nitrogens with zero attached hydrogens (tertiary/aromatic N) is 1. The predicted molar refractivity (Wildman–Crippen MR) is 107 cm³/mol. The van der Waals surface area contributed by atoms with Gasteiger partial charge in [0.25, 0.3) is 0 Å². The molecule has 0 fully saturated rings. The van der Waals surface area contributed by atoms with Gasteiger partial charge in [0, 0.05) is 21.2 Å². The molecule has 3 aromatic carbocycles. The summed E-state index contributed by atoms with van der Waals surface area (Å²) in [4.78, 5) is 19.2. The van der Waals surface area contributed by atoms with Crippen molar-refractivity contribution in [3.05, 3.63) is 88.9 Å². The minimum absolute atomic E-state index is 0.140. The average Bonchev–Trinajstić information content (AvgIpc) is 3.15. The number of halogens is 1. The first-order valence-corrected chi connectivity index (χ1v) is 9.14. The normalized spacial score (nSPS) is 10.7. The second-order valence-corrected chi connectivity index (χ2v) is 6.96. The highest BCUT2D eigenvalue weighted by atomic mass is 79.9. The summed E-state index contributed by atoms with van der Waals surface area (Å²) in [5, 5.41) is 11.0. The topological polar surface area (TPSA) is 68.8 Å². The van der Waals surface area contributed by atoms with Gasteiger partial charge in [0.1, 0.15) is 5.82 Å². The molecular formula is C22H14BrN2O2-. The van der Waals surface area contributed by atoms with Gasteiger partial charge in [0.05, 0.1) is 17.4 Å². The van der Waals surface area contributed by atoms with Crippen LogP contribution < -0.4 is 5.11 Å². The highest BCUT2D eigenvalue weighted by molar-refractivity contribution is 9.10. The van der Waals surface area contributed by atoms with Crippen molar-refractivity contribution >= 4 is 21.9 Å². The Morgan fingerprint density at radius 3 is 2.07 bits per heavy atom. The van der Waals surface area contributed by atoms with Crippen molar-refractivity contribution in [2.75, 3.05) is 0 Å². The summed E-state index contributed by atoms with van der Waals surface area (Å²) in [6.07, 6.45) is 0. The molecule has 4 nitrogen and oxygen atoms in total. The first kappa shape index (κ1) is 17.2. The second-order valence-electron chi connectivity index (χ2n) is 6.05. The maximum atomic E-state index is 11.0. The molecule has 0 spiro atoms. The Balaban J connectivity index is 1.84. The van der Waals surface area contributed by atoms with Crippen molar-refractivity contribution in [3.63, 3.8) is 0 Å². The molecular weight excluding hydrogens is 404 g/mol. The van der Waals surface area contributed by atoms with Crippen molar-refractivity contribution in [2.45, 2.75) is 0 Å². The van der Waals surface area contributed by atoms with Crippen molar-refractivity contribution in [2.24, 2.45) is 0 Å². The molecule has 27 heavy (non-hydrogen) atoms. The van der Waals surface area contributed by atoms with Crippen LogP contribution in [0.4, 0.5) is 0 Å². The second kappa shape index (κ2) is 7.21. The fourth-order valence-electron chi connectivity index (χ4n) is 2.90. The van der Waals surface area contributed by atoms with Gasteiger partial charge in [-0.3, -0.25) is 0 Å². The van der Waals surface area contributed by atoms with Gasteiger partial charge in [-0.15, -0.1) is 0 Å². The highest BCUT2D eigenvalue weighted by Gasteiger charge is 2.15. The lowest BCUT2D eigenvalue weighted by Gasteiger charge is -2.03. The van der Waals surface area contributed by atoms with Crippen LogP contribution in [0.15, 0.2) is 83.3 Å². The zero-order valence-corrected chi connectivity index (χ0v) is 15.7. The number of aromatic carboxylic acids is 1. The van der Waals surface area contributed by atoms with Crippen LogP contribution in [0.1, 0.15) is 10.4 Å². The first-order valence-electron chi connectivity index (χ1n) is 8.35. The van der Waals surface area contributed by atoms with Gasteiger partial charge in [0.15, 0.2) is 0 Å². The number of carboxylic acids is 1. The Kier molecular flexibility index (Phi) is 4.60. The Hall–Kier alpha value is -3.18. The molecule has 5 heteroatoms. The molecule has 1 aromatic heterocycles. The Morgan fingerprint density at radius 1 is 0.815 bits per heavy atom. The SMILES string of the molecule is O=C([O-])c1ccc(-c2nc(-c3ccccc3)c(-c3ccc(Br)cc3)[nH]2)cc1. The number of hydrogen-bond donors (Lipinski definition) is 1. The Labute approximate surface area is 164 Å². The molecule has 132 valence electrons. The molecule has 0 saturated heterocycles. The van der Waals surface area contributed by atoms with E-state index in [1.165, 1.54) is 12.1 Å². The zero-order valence-electron chi connectivity index (χ0n) is 14.1. The molecule has 0 saturated carbocycles. The lowest BCUT2D eigenvalue weighted by Crippen LogP contribution is -2.21. The summed E-state index contributed by atoms with van der Waals surface area (Å²) in [6.45, 7) is 0. The molecule has 0 aliphatic heterocycles. The first-order chi connectivity index (χ1) is 13.1. The average molecular weight is 418 g/mol. The number of benzene rings is 3. The molecule has 1 heterocycles. The predicted octanol–water partition coefficient (Wildman–Crippen LogP) is 4.54. The maximum absolute atomic E-state index is 11.0. The van der Waals surface area contributed by atoms with E-state index in [9.17, 15) is 9.90 Å². The van der Waals surface area contributed by atoms with E-state index < -0.39 is 5.97 Å². The molecule has 0 unspecified atom stereocenters. The van der Waals surface area contributed by atoms with Crippen LogP contribution in [0.2, 0.25) is 0 Å². The summed E-state index contributed by atoms with van der Waals surface area (Å²) < 4.78 is 1.00. The molecule has 4 rings (SSSR count). The summed E-state index contributed by atoms with van der Waals surface area (Å²) >= 11 is 3.46. The van der Waals surface area contributed by atoms with Gasteiger partial charge >= 0.3 is 0 Å². The number of H-pyrrole nitrogens is 1. The number of carbonyl (C=O) groups is 1. The zero-order chi connectivity index (χ0) is 18.8. The third-order valence-electron chi connectivity index (χ3n) is 4.28. The summed E-state index contributed by atoms with van der Waals surface area (Å²) in [7, 11) is 0. The van der Waals surface area contributed by atoms with E-state index in [4.69, 9.17) is 4.98 Å². The fraction of sp³-hybridized carbons (Fsp3) is 0. The number of hydrogen-bond acceptors (Lipinski definition) is 3. The summed E-state index contributed by atoms with van der Waals surface area (Å²) in [6, 6.07) is 24.5. The van der Waals surface area contributed by atoms with Crippen LogP contribution in [-0.2, 0) is 0 Å². The van der Waals surface area contributed by atoms with E-state index in [0.29, 0.717) is 5.82 Å². The van der Waals surface area contributed by atoms with E-state index >= 15 is 0 Å². The standard InChI is InChI=1S/C22H15BrN2O2/c23-18-12-10-15(11-13-18)20-19(14-4-2-1-3-5-14)24-21(25-20)16-6-8-17(9-7-16)22(26)27/h1-13H,(H,24,25)(H,26,27)/p-1. The third kappa shape index (κ3) is 3.55. The van der Waals surface area contributed by atoms with Gasteiger partial charge < -0.3 is 14.9 Å².